The van der Waals surface area contributed by atoms with Crippen LogP contribution in [0, 0.1) is 5.92 Å². The van der Waals surface area contributed by atoms with E-state index in [-0.39, 0.29) is 0 Å². The van der Waals surface area contributed by atoms with E-state index in [1.165, 1.54) is 30.6 Å². The predicted molar refractivity (Wildman–Crippen MR) is 91.3 cm³/mol. The summed E-state index contributed by atoms with van der Waals surface area (Å²) in [4.78, 5) is 4.79. The van der Waals surface area contributed by atoms with Crippen molar-refractivity contribution in [2.45, 2.75) is 44.7 Å². The Balaban J connectivity index is 1.82. The average molecular weight is 287 g/mol. The van der Waals surface area contributed by atoms with E-state index in [2.05, 4.69) is 67.3 Å². The fourth-order valence-corrected chi connectivity index (χ4v) is 3.60. The first kappa shape index (κ1) is 14.7. The molecule has 0 amide bonds. The number of piperazine rings is 1. The molecule has 0 aromatic heterocycles. The van der Waals surface area contributed by atoms with Gasteiger partial charge in [0.05, 0.1) is 0 Å². The number of anilines is 2. The van der Waals surface area contributed by atoms with E-state index in [9.17, 15) is 0 Å². The first-order chi connectivity index (χ1) is 10.0. The topological polar surface area (TPSA) is 18.5 Å². The molecule has 1 saturated heterocycles. The maximum atomic E-state index is 3.84. The van der Waals surface area contributed by atoms with Gasteiger partial charge >= 0.3 is 0 Å². The van der Waals surface area contributed by atoms with Gasteiger partial charge < -0.3 is 15.1 Å². The fourth-order valence-electron chi connectivity index (χ4n) is 3.60. The summed E-state index contributed by atoms with van der Waals surface area (Å²) in [6.45, 7) is 6.96. The molecule has 1 aliphatic heterocycles. The molecule has 1 aromatic rings. The van der Waals surface area contributed by atoms with Gasteiger partial charge in [0.25, 0.3) is 0 Å². The quantitative estimate of drug-likeness (QED) is 0.918. The summed E-state index contributed by atoms with van der Waals surface area (Å²) in [6.07, 6.45) is 3.99. The van der Waals surface area contributed by atoms with Crippen molar-refractivity contribution in [2.24, 2.45) is 5.92 Å². The van der Waals surface area contributed by atoms with E-state index in [1.54, 1.807) is 0 Å². The van der Waals surface area contributed by atoms with Crippen LogP contribution in [0.1, 0.15) is 33.1 Å². The molecule has 3 heteroatoms. The van der Waals surface area contributed by atoms with Crippen LogP contribution in [0.15, 0.2) is 24.3 Å². The van der Waals surface area contributed by atoms with Gasteiger partial charge in [-0.05, 0) is 56.4 Å². The molecule has 1 aliphatic carbocycles. The molecule has 1 saturated carbocycles. The van der Waals surface area contributed by atoms with E-state index in [0.717, 1.165) is 19.0 Å². The Kier molecular flexibility index (Phi) is 3.87. The minimum absolute atomic E-state index is 0.298. The Morgan fingerprint density at radius 2 is 1.90 bits per heavy atom. The number of nitrogens with zero attached hydrogens (tertiary/aromatic N) is 2. The fraction of sp³-hybridized carbons (Fsp3) is 0.667. The lowest BCUT2D eigenvalue weighted by Gasteiger charge is -2.48. The number of benzene rings is 1. The lowest BCUT2D eigenvalue weighted by molar-refractivity contribution is 0.252. The third-order valence-electron chi connectivity index (χ3n) is 5.33. The summed E-state index contributed by atoms with van der Waals surface area (Å²) >= 11 is 0. The molecule has 1 aromatic carbocycles. The monoisotopic (exact) mass is 287 g/mol. The molecule has 0 bridgehead atoms. The Morgan fingerprint density at radius 1 is 1.24 bits per heavy atom. The predicted octanol–water partition coefficient (Wildman–Crippen LogP) is 3.11. The SMILES string of the molecule is CCC1CNC(C)(C2CC2)CN1c1ccc(N(C)C)cc1. The lowest BCUT2D eigenvalue weighted by atomic mass is 9.90. The van der Waals surface area contributed by atoms with E-state index in [0.29, 0.717) is 11.6 Å². The molecule has 3 rings (SSSR count). The molecule has 2 atom stereocenters. The molecule has 3 nitrogen and oxygen atoms in total. The van der Waals surface area contributed by atoms with Crippen LogP contribution in [0.4, 0.5) is 11.4 Å². The summed E-state index contributed by atoms with van der Waals surface area (Å²) in [6, 6.07) is 9.66. The molecule has 0 spiro atoms. The van der Waals surface area contributed by atoms with Gasteiger partial charge in [-0.2, -0.15) is 0 Å². The molecule has 116 valence electrons. The van der Waals surface area contributed by atoms with Crippen LogP contribution < -0.4 is 15.1 Å². The Hall–Kier alpha value is -1.22. The smallest absolute Gasteiger partial charge is 0.0412 e. The van der Waals surface area contributed by atoms with Gasteiger partial charge in [0, 0.05) is 50.1 Å². The van der Waals surface area contributed by atoms with Gasteiger partial charge in [0.1, 0.15) is 0 Å². The molecule has 1 heterocycles. The molecule has 2 unspecified atom stereocenters. The van der Waals surface area contributed by atoms with Crippen LogP contribution in [0.2, 0.25) is 0 Å². The summed E-state index contributed by atoms with van der Waals surface area (Å²) in [5, 5.41) is 3.84. The highest BCUT2D eigenvalue weighted by Gasteiger charge is 2.45. The number of hydrogen-bond donors (Lipinski definition) is 1. The van der Waals surface area contributed by atoms with Crippen LogP contribution in [0.3, 0.4) is 0 Å². The third-order valence-corrected chi connectivity index (χ3v) is 5.33. The van der Waals surface area contributed by atoms with E-state index >= 15 is 0 Å². The van der Waals surface area contributed by atoms with Crippen LogP contribution in [0.25, 0.3) is 0 Å². The van der Waals surface area contributed by atoms with E-state index in [1.807, 2.05) is 0 Å². The minimum atomic E-state index is 0.298. The largest absolute Gasteiger partial charge is 0.378 e. The highest BCUT2D eigenvalue weighted by atomic mass is 15.3. The average Bonchev–Trinajstić information content (AvgIpc) is 3.32. The zero-order valence-electron chi connectivity index (χ0n) is 13.9. The van der Waals surface area contributed by atoms with Crippen LogP contribution in [-0.4, -0.2) is 38.8 Å². The van der Waals surface area contributed by atoms with Crippen LogP contribution in [-0.2, 0) is 0 Å². The van der Waals surface area contributed by atoms with Crippen molar-refractivity contribution in [1.29, 1.82) is 0 Å². The van der Waals surface area contributed by atoms with Gasteiger partial charge in [0.15, 0.2) is 0 Å². The van der Waals surface area contributed by atoms with E-state index in [4.69, 9.17) is 0 Å². The Morgan fingerprint density at radius 3 is 2.43 bits per heavy atom. The van der Waals surface area contributed by atoms with Crippen molar-refractivity contribution < 1.29 is 0 Å². The van der Waals surface area contributed by atoms with Crippen molar-refractivity contribution in [2.75, 3.05) is 37.0 Å². The van der Waals surface area contributed by atoms with Gasteiger partial charge in [-0.25, -0.2) is 0 Å². The van der Waals surface area contributed by atoms with Crippen LogP contribution >= 0.6 is 0 Å². The molecule has 0 radical (unpaired) electrons. The standard InChI is InChI=1S/C18H29N3/c1-5-15-12-19-18(2,14-6-7-14)13-21(15)17-10-8-16(9-11-17)20(3)4/h8-11,14-15,19H,5-7,12-13H2,1-4H3. The molecular formula is C18H29N3. The minimum Gasteiger partial charge on any atom is -0.378 e. The maximum absolute atomic E-state index is 3.84. The second kappa shape index (κ2) is 5.53. The van der Waals surface area contributed by atoms with Crippen molar-refractivity contribution >= 4 is 11.4 Å². The second-order valence-electron chi connectivity index (χ2n) is 7.17. The number of hydrogen-bond acceptors (Lipinski definition) is 3. The summed E-state index contributed by atoms with van der Waals surface area (Å²) in [7, 11) is 4.19. The Bertz CT molecular complexity index is 478. The second-order valence-corrected chi connectivity index (χ2v) is 7.17. The van der Waals surface area contributed by atoms with Gasteiger partial charge in [0.2, 0.25) is 0 Å². The maximum Gasteiger partial charge on any atom is 0.0412 e. The van der Waals surface area contributed by atoms with Gasteiger partial charge in [-0.15, -0.1) is 0 Å². The first-order valence-corrected chi connectivity index (χ1v) is 8.32. The summed E-state index contributed by atoms with van der Waals surface area (Å²) in [5.74, 6) is 0.874. The van der Waals surface area contributed by atoms with E-state index < -0.39 is 0 Å². The molecule has 21 heavy (non-hydrogen) atoms. The Labute approximate surface area is 129 Å². The highest BCUT2D eigenvalue weighted by molar-refractivity contribution is 5.57. The van der Waals surface area contributed by atoms with Crippen molar-refractivity contribution in [1.82, 2.24) is 5.32 Å². The van der Waals surface area contributed by atoms with Crippen molar-refractivity contribution in [3.63, 3.8) is 0 Å². The molecular weight excluding hydrogens is 258 g/mol. The highest BCUT2D eigenvalue weighted by Crippen LogP contribution is 2.42. The normalized spacial score (nSPS) is 29.5. The molecule has 2 fully saturated rings. The molecule has 1 N–H and O–H groups in total. The van der Waals surface area contributed by atoms with Gasteiger partial charge in [-0.1, -0.05) is 6.92 Å². The zero-order chi connectivity index (χ0) is 15.0. The number of nitrogens with one attached hydrogen (secondary N) is 1. The lowest BCUT2D eigenvalue weighted by Crippen LogP contribution is -2.64. The molecule has 2 aliphatic rings. The number of rotatable bonds is 4. The summed E-state index contributed by atoms with van der Waals surface area (Å²) in [5.41, 5.74) is 2.94. The van der Waals surface area contributed by atoms with Gasteiger partial charge in [-0.3, -0.25) is 0 Å². The van der Waals surface area contributed by atoms with Crippen molar-refractivity contribution in [3.05, 3.63) is 24.3 Å². The zero-order valence-corrected chi connectivity index (χ0v) is 13.9. The summed E-state index contributed by atoms with van der Waals surface area (Å²) < 4.78 is 0. The first-order valence-electron chi connectivity index (χ1n) is 8.32. The van der Waals surface area contributed by atoms with Crippen molar-refractivity contribution in [3.8, 4) is 0 Å². The van der Waals surface area contributed by atoms with Crippen LogP contribution in [0.5, 0.6) is 0 Å². The third kappa shape index (κ3) is 2.89.